The van der Waals surface area contributed by atoms with E-state index in [1.165, 1.54) is 36.1 Å². The summed E-state index contributed by atoms with van der Waals surface area (Å²) < 4.78 is 26.7. The minimum absolute atomic E-state index is 0.143. The summed E-state index contributed by atoms with van der Waals surface area (Å²) in [5.41, 5.74) is 2.06. The zero-order valence-electron chi connectivity index (χ0n) is 13.9. The second-order valence-corrected chi connectivity index (χ2v) is 7.26. The third-order valence-corrected chi connectivity index (χ3v) is 5.53. The molecule has 1 saturated carbocycles. The lowest BCUT2D eigenvalue weighted by molar-refractivity contribution is 0.450. The van der Waals surface area contributed by atoms with Crippen LogP contribution in [0.3, 0.4) is 0 Å². The first kappa shape index (κ1) is 15.6. The van der Waals surface area contributed by atoms with Gasteiger partial charge in [0.2, 0.25) is 0 Å². The molecular weight excluding hydrogens is 302 g/mol. The Morgan fingerprint density at radius 3 is 1.83 bits per heavy atom. The molecule has 0 heterocycles. The predicted octanol–water partition coefficient (Wildman–Crippen LogP) is 5.74. The van der Waals surface area contributed by atoms with Gasteiger partial charge in [0.25, 0.3) is 0 Å². The number of hydrogen-bond acceptors (Lipinski definition) is 0. The van der Waals surface area contributed by atoms with Gasteiger partial charge >= 0.3 is 0 Å². The molecule has 2 aromatic carbocycles. The van der Waals surface area contributed by atoms with Gasteiger partial charge in [0.15, 0.2) is 0 Å². The summed E-state index contributed by atoms with van der Waals surface area (Å²) in [7, 11) is 0. The number of benzene rings is 2. The molecule has 122 valence electrons. The highest BCUT2D eigenvalue weighted by Gasteiger charge is 2.56. The summed E-state index contributed by atoms with van der Waals surface area (Å²) in [5, 5.41) is 0. The second-order valence-electron chi connectivity index (χ2n) is 7.26. The Kier molecular flexibility index (Phi) is 3.59. The van der Waals surface area contributed by atoms with Crippen LogP contribution in [0.4, 0.5) is 8.78 Å². The lowest BCUT2D eigenvalue weighted by Crippen LogP contribution is -2.26. The van der Waals surface area contributed by atoms with Crippen molar-refractivity contribution >= 4 is 0 Å². The van der Waals surface area contributed by atoms with E-state index < -0.39 is 0 Å². The summed E-state index contributed by atoms with van der Waals surface area (Å²) in [5.74, 6) is 3.02. The Hall–Kier alpha value is -1.96. The van der Waals surface area contributed by atoms with Crippen LogP contribution >= 0.6 is 0 Å². The van der Waals surface area contributed by atoms with E-state index in [1.807, 2.05) is 24.3 Å². The number of rotatable bonds is 2. The van der Waals surface area contributed by atoms with Crippen LogP contribution in [-0.4, -0.2) is 0 Å². The molecule has 2 unspecified atom stereocenters. The monoisotopic (exact) mass is 322 g/mol. The quantitative estimate of drug-likeness (QED) is 0.618. The van der Waals surface area contributed by atoms with Crippen LogP contribution in [-0.2, 0) is 0 Å². The van der Waals surface area contributed by atoms with Crippen molar-refractivity contribution in [3.63, 3.8) is 0 Å². The summed E-state index contributed by atoms with van der Waals surface area (Å²) in [6.45, 7) is 4.47. The van der Waals surface area contributed by atoms with Crippen molar-refractivity contribution < 1.29 is 8.78 Å². The maximum atomic E-state index is 13.4. The highest BCUT2D eigenvalue weighted by Crippen LogP contribution is 2.64. The van der Waals surface area contributed by atoms with Crippen molar-refractivity contribution in [2.75, 3.05) is 0 Å². The molecule has 0 nitrogen and oxygen atoms in total. The number of halogens is 2. The maximum Gasteiger partial charge on any atom is 0.123 e. The fourth-order valence-electron chi connectivity index (χ4n) is 4.66. The third-order valence-electron chi connectivity index (χ3n) is 5.53. The zero-order valence-corrected chi connectivity index (χ0v) is 13.9. The van der Waals surface area contributed by atoms with Crippen molar-refractivity contribution in [3.05, 3.63) is 95.3 Å². The molecule has 2 aliphatic carbocycles. The van der Waals surface area contributed by atoms with Gasteiger partial charge in [-0.3, -0.25) is 0 Å². The molecule has 2 atom stereocenters. The fraction of sp³-hybridized carbons (Fsp3) is 0.273. The van der Waals surface area contributed by atoms with Gasteiger partial charge in [0, 0.05) is 11.8 Å². The molecule has 0 aliphatic heterocycles. The van der Waals surface area contributed by atoms with Gasteiger partial charge in [-0.15, -0.1) is 0 Å². The number of fused-ring (bicyclic) bond motifs is 1. The van der Waals surface area contributed by atoms with Crippen LogP contribution in [0.2, 0.25) is 0 Å². The Labute approximate surface area is 142 Å². The van der Waals surface area contributed by atoms with E-state index in [4.69, 9.17) is 0 Å². The average Bonchev–Trinajstić information content (AvgIpc) is 3.07. The van der Waals surface area contributed by atoms with Crippen LogP contribution < -0.4 is 0 Å². The number of allylic oxidation sites excluding steroid dienone is 2. The van der Waals surface area contributed by atoms with E-state index in [-0.39, 0.29) is 17.0 Å². The molecular formula is C22H20F2. The molecule has 0 amide bonds. The Morgan fingerprint density at radius 2 is 1.29 bits per heavy atom. The van der Waals surface area contributed by atoms with Crippen LogP contribution in [0.1, 0.15) is 31.4 Å². The molecule has 1 fully saturated rings. The molecule has 24 heavy (non-hydrogen) atoms. The van der Waals surface area contributed by atoms with E-state index in [0.717, 1.165) is 17.5 Å². The molecule has 2 radical (unpaired) electrons. The fourth-order valence-corrected chi connectivity index (χ4v) is 4.66. The minimum atomic E-state index is -0.212. The molecule has 0 aromatic heterocycles. The van der Waals surface area contributed by atoms with Crippen LogP contribution in [0.25, 0.3) is 0 Å². The topological polar surface area (TPSA) is 0 Å². The van der Waals surface area contributed by atoms with Crippen LogP contribution in [0.5, 0.6) is 0 Å². The largest absolute Gasteiger partial charge is 0.207 e. The third kappa shape index (κ3) is 2.31. The van der Waals surface area contributed by atoms with Crippen molar-refractivity contribution in [3.8, 4) is 0 Å². The summed E-state index contributed by atoms with van der Waals surface area (Å²) in [4.78, 5) is 0. The lowest BCUT2D eigenvalue weighted by atomic mass is 9.68. The normalized spacial score (nSPS) is 26.0. The van der Waals surface area contributed by atoms with Crippen LogP contribution in [0, 0.1) is 40.7 Å². The predicted molar refractivity (Wildman–Crippen MR) is 92.0 cm³/mol. The van der Waals surface area contributed by atoms with E-state index in [9.17, 15) is 8.78 Å². The lowest BCUT2D eigenvalue weighted by Gasteiger charge is -2.34. The summed E-state index contributed by atoms with van der Waals surface area (Å²) in [6, 6.07) is 13.7. The number of hydrogen-bond donors (Lipinski definition) is 0. The molecule has 2 aliphatic rings. The first-order valence-corrected chi connectivity index (χ1v) is 8.41. The molecule has 0 bridgehead atoms. The van der Waals surface area contributed by atoms with Crippen molar-refractivity contribution in [1.29, 1.82) is 0 Å². The first-order chi connectivity index (χ1) is 11.5. The Balaban J connectivity index is 1.79. The maximum absolute atomic E-state index is 13.4. The second kappa shape index (κ2) is 5.54. The highest BCUT2D eigenvalue weighted by atomic mass is 19.1. The van der Waals surface area contributed by atoms with E-state index >= 15 is 0 Å². The highest BCUT2D eigenvalue weighted by molar-refractivity contribution is 5.54. The molecule has 0 N–H and O–H groups in total. The SMILES string of the molecule is CC1(C)[C](c2ccc(F)cc2)C2C=CCC2[C]1c1ccc(F)cc1. The van der Waals surface area contributed by atoms with E-state index in [1.54, 1.807) is 0 Å². The van der Waals surface area contributed by atoms with E-state index in [2.05, 4.69) is 26.0 Å². The Bertz CT molecular complexity index is 756. The van der Waals surface area contributed by atoms with Gasteiger partial charge in [-0.25, -0.2) is 8.78 Å². The first-order valence-electron chi connectivity index (χ1n) is 8.41. The standard InChI is InChI=1S/C22H20F2/c1-22(2)20(14-6-10-16(23)11-7-14)18-4-3-5-19(18)21(22)15-8-12-17(24)13-9-15/h3-4,6-13,18-19H,5H2,1-2H3. The summed E-state index contributed by atoms with van der Waals surface area (Å²) in [6.07, 6.45) is 5.52. The van der Waals surface area contributed by atoms with Gasteiger partial charge in [0.1, 0.15) is 11.6 Å². The molecule has 4 rings (SSSR count). The molecule has 2 aromatic rings. The van der Waals surface area contributed by atoms with Crippen molar-refractivity contribution in [2.45, 2.75) is 20.3 Å². The van der Waals surface area contributed by atoms with Crippen molar-refractivity contribution in [2.24, 2.45) is 17.3 Å². The van der Waals surface area contributed by atoms with Gasteiger partial charge in [-0.1, -0.05) is 50.3 Å². The van der Waals surface area contributed by atoms with Gasteiger partial charge in [-0.2, -0.15) is 0 Å². The average molecular weight is 322 g/mol. The van der Waals surface area contributed by atoms with Gasteiger partial charge < -0.3 is 0 Å². The van der Waals surface area contributed by atoms with Gasteiger partial charge in [0.05, 0.1) is 0 Å². The van der Waals surface area contributed by atoms with Crippen molar-refractivity contribution in [1.82, 2.24) is 0 Å². The Morgan fingerprint density at radius 1 is 0.792 bits per heavy atom. The molecule has 0 saturated heterocycles. The molecule has 2 heteroatoms. The smallest absolute Gasteiger partial charge is 0.123 e. The van der Waals surface area contributed by atoms with Crippen LogP contribution in [0.15, 0.2) is 60.7 Å². The van der Waals surface area contributed by atoms with E-state index in [0.29, 0.717) is 11.8 Å². The molecule has 0 spiro atoms. The summed E-state index contributed by atoms with van der Waals surface area (Å²) >= 11 is 0. The van der Waals surface area contributed by atoms with Gasteiger partial charge in [-0.05, 0) is 59.1 Å². The minimum Gasteiger partial charge on any atom is -0.207 e. The zero-order chi connectivity index (χ0) is 16.9.